The third kappa shape index (κ3) is 6.20. The molecule has 0 spiro atoms. The molecule has 10 heteroatoms. The minimum absolute atomic E-state index is 0.0888. The number of nitro groups is 1. The van der Waals surface area contributed by atoms with Crippen LogP contribution in [-0.2, 0) is 9.59 Å². The van der Waals surface area contributed by atoms with E-state index in [0.717, 1.165) is 0 Å². The molecule has 0 radical (unpaired) electrons. The molecule has 27 heavy (non-hydrogen) atoms. The lowest BCUT2D eigenvalue weighted by Gasteiger charge is -2.11. The average molecular weight is 375 g/mol. The number of amides is 2. The van der Waals surface area contributed by atoms with E-state index in [0.29, 0.717) is 11.5 Å². The third-order valence-electron chi connectivity index (χ3n) is 3.19. The number of benzene rings is 2. The largest absolute Gasteiger partial charge is 0.493 e. The molecule has 2 N–H and O–H groups in total. The van der Waals surface area contributed by atoms with E-state index < -0.39 is 16.7 Å². The summed E-state index contributed by atoms with van der Waals surface area (Å²) in [5, 5.41) is 10.6. The van der Waals surface area contributed by atoms with Gasteiger partial charge in [-0.1, -0.05) is 12.1 Å². The lowest BCUT2D eigenvalue weighted by molar-refractivity contribution is -0.384. The third-order valence-corrected chi connectivity index (χ3v) is 3.19. The van der Waals surface area contributed by atoms with Crippen molar-refractivity contribution in [1.29, 1.82) is 0 Å². The predicted octanol–water partition coefficient (Wildman–Crippen LogP) is 1.21. The van der Waals surface area contributed by atoms with Gasteiger partial charge in [0.05, 0.1) is 12.0 Å². The fourth-order valence-electron chi connectivity index (χ4n) is 1.91. The van der Waals surface area contributed by atoms with E-state index >= 15 is 0 Å². The molecule has 0 aliphatic rings. The highest BCUT2D eigenvalue weighted by molar-refractivity contribution is 5.83. The first-order valence-electron chi connectivity index (χ1n) is 7.70. The zero-order chi connectivity index (χ0) is 19.6. The highest BCUT2D eigenvalue weighted by Crippen LogP contribution is 2.25. The van der Waals surface area contributed by atoms with E-state index in [2.05, 4.69) is 10.9 Å². The number of carbonyl (C=O) groups excluding carboxylic acids is 2. The molecule has 2 aromatic rings. The summed E-state index contributed by atoms with van der Waals surface area (Å²) in [5.41, 5.74) is 4.25. The van der Waals surface area contributed by atoms with Crippen molar-refractivity contribution in [1.82, 2.24) is 10.9 Å². The fraction of sp³-hybridized carbons (Fsp3) is 0.176. The van der Waals surface area contributed by atoms with Crippen LogP contribution in [0.25, 0.3) is 0 Å². The molecule has 0 heterocycles. The van der Waals surface area contributed by atoms with E-state index in [4.69, 9.17) is 14.2 Å². The molecule has 0 aliphatic heterocycles. The number of hydrogen-bond acceptors (Lipinski definition) is 7. The minimum atomic E-state index is -0.612. The molecule has 0 saturated heterocycles. The topological polar surface area (TPSA) is 129 Å². The maximum absolute atomic E-state index is 11.7. The summed E-state index contributed by atoms with van der Waals surface area (Å²) in [6, 6.07) is 12.1. The first kappa shape index (κ1) is 19.5. The molecule has 0 bridgehead atoms. The number of rotatable bonds is 8. The Kier molecular flexibility index (Phi) is 6.94. The Morgan fingerprint density at radius 1 is 0.926 bits per heavy atom. The van der Waals surface area contributed by atoms with Gasteiger partial charge in [-0.2, -0.15) is 0 Å². The van der Waals surface area contributed by atoms with E-state index in [1.165, 1.54) is 31.4 Å². The number of methoxy groups -OCH3 is 1. The van der Waals surface area contributed by atoms with Crippen LogP contribution >= 0.6 is 0 Å². The first-order chi connectivity index (χ1) is 13.0. The van der Waals surface area contributed by atoms with Crippen LogP contribution in [0.5, 0.6) is 17.2 Å². The van der Waals surface area contributed by atoms with Crippen molar-refractivity contribution >= 4 is 17.5 Å². The number of hydrogen-bond donors (Lipinski definition) is 2. The number of hydrazine groups is 1. The number of ether oxygens (including phenoxy) is 3. The van der Waals surface area contributed by atoms with Crippen molar-refractivity contribution in [3.05, 3.63) is 58.6 Å². The Balaban J connectivity index is 1.70. The van der Waals surface area contributed by atoms with Crippen LogP contribution in [0.2, 0.25) is 0 Å². The van der Waals surface area contributed by atoms with Crippen molar-refractivity contribution < 1.29 is 28.7 Å². The smallest absolute Gasteiger partial charge is 0.276 e. The van der Waals surface area contributed by atoms with Crippen molar-refractivity contribution in [2.75, 3.05) is 20.3 Å². The number of non-ortho nitro benzene ring substituents is 1. The van der Waals surface area contributed by atoms with Gasteiger partial charge in [0.2, 0.25) is 0 Å². The summed E-state index contributed by atoms with van der Waals surface area (Å²) < 4.78 is 15.6. The summed E-state index contributed by atoms with van der Waals surface area (Å²) in [6.07, 6.45) is 0. The molecular formula is C17H17N3O7. The van der Waals surface area contributed by atoms with Crippen LogP contribution in [0.1, 0.15) is 0 Å². The van der Waals surface area contributed by atoms with Crippen LogP contribution < -0.4 is 25.1 Å². The van der Waals surface area contributed by atoms with Crippen molar-refractivity contribution in [3.8, 4) is 17.2 Å². The monoisotopic (exact) mass is 375 g/mol. The van der Waals surface area contributed by atoms with Gasteiger partial charge in [0, 0.05) is 12.1 Å². The number of nitro benzene ring substituents is 1. The van der Waals surface area contributed by atoms with E-state index in [1.54, 1.807) is 24.3 Å². The standard InChI is InChI=1S/C17H17N3O7/c1-25-14-4-2-3-5-15(14)27-11-17(22)19-18-16(21)10-26-13-8-6-12(7-9-13)20(23)24/h2-9H,10-11H2,1H3,(H,18,21)(H,19,22). The molecular weight excluding hydrogens is 358 g/mol. The number of nitrogens with one attached hydrogen (secondary N) is 2. The van der Waals surface area contributed by atoms with Crippen LogP contribution in [0, 0.1) is 10.1 Å². The summed E-state index contributed by atoms with van der Waals surface area (Å²) >= 11 is 0. The molecule has 0 unspecified atom stereocenters. The maximum atomic E-state index is 11.7. The van der Waals surface area contributed by atoms with E-state index in [-0.39, 0.29) is 24.7 Å². The summed E-state index contributed by atoms with van der Waals surface area (Å²) in [7, 11) is 1.48. The second kappa shape index (κ2) is 9.61. The van der Waals surface area contributed by atoms with Gasteiger partial charge >= 0.3 is 0 Å². The summed E-state index contributed by atoms with van der Waals surface area (Å²) in [5.74, 6) is -0.0426. The molecule has 142 valence electrons. The normalized spacial score (nSPS) is 9.81. The van der Waals surface area contributed by atoms with E-state index in [1.807, 2.05) is 0 Å². The molecule has 2 amide bonds. The van der Waals surface area contributed by atoms with Crippen LogP contribution in [0.15, 0.2) is 48.5 Å². The maximum Gasteiger partial charge on any atom is 0.276 e. The van der Waals surface area contributed by atoms with Gasteiger partial charge in [0.25, 0.3) is 17.5 Å². The van der Waals surface area contributed by atoms with Crippen molar-refractivity contribution in [3.63, 3.8) is 0 Å². The molecule has 0 fully saturated rings. The van der Waals surface area contributed by atoms with Gasteiger partial charge in [-0.15, -0.1) is 0 Å². The van der Waals surface area contributed by atoms with Crippen molar-refractivity contribution in [2.45, 2.75) is 0 Å². The van der Waals surface area contributed by atoms with Gasteiger partial charge in [-0.25, -0.2) is 0 Å². The Bertz CT molecular complexity index is 808. The Morgan fingerprint density at radius 3 is 2.04 bits per heavy atom. The number of nitrogens with zero attached hydrogens (tertiary/aromatic N) is 1. The lowest BCUT2D eigenvalue weighted by Crippen LogP contribution is -2.45. The minimum Gasteiger partial charge on any atom is -0.493 e. The number of para-hydroxylation sites is 2. The Labute approximate surface area is 154 Å². The molecule has 0 atom stereocenters. The Morgan fingerprint density at radius 2 is 1.48 bits per heavy atom. The zero-order valence-electron chi connectivity index (χ0n) is 14.3. The van der Waals surface area contributed by atoms with Crippen LogP contribution in [-0.4, -0.2) is 37.1 Å². The summed E-state index contributed by atoms with van der Waals surface area (Å²) in [6.45, 7) is -0.713. The number of carbonyl (C=O) groups is 2. The zero-order valence-corrected chi connectivity index (χ0v) is 14.3. The van der Waals surface area contributed by atoms with Crippen LogP contribution in [0.4, 0.5) is 5.69 Å². The second-order valence-electron chi connectivity index (χ2n) is 5.08. The molecule has 2 aromatic carbocycles. The second-order valence-corrected chi connectivity index (χ2v) is 5.08. The predicted molar refractivity (Wildman–Crippen MR) is 93.4 cm³/mol. The highest BCUT2D eigenvalue weighted by atomic mass is 16.6. The van der Waals surface area contributed by atoms with Gasteiger partial charge in [-0.3, -0.25) is 30.6 Å². The Hall–Kier alpha value is -3.82. The lowest BCUT2D eigenvalue weighted by atomic mass is 10.3. The van der Waals surface area contributed by atoms with Crippen molar-refractivity contribution in [2.24, 2.45) is 0 Å². The summed E-state index contributed by atoms with van der Waals surface area (Å²) in [4.78, 5) is 33.4. The van der Waals surface area contributed by atoms with Gasteiger partial charge < -0.3 is 14.2 Å². The van der Waals surface area contributed by atoms with Crippen LogP contribution in [0.3, 0.4) is 0 Å². The molecule has 0 aromatic heterocycles. The quantitative estimate of drug-likeness (QED) is 0.524. The molecule has 2 rings (SSSR count). The average Bonchev–Trinajstić information content (AvgIpc) is 2.69. The molecule has 0 aliphatic carbocycles. The van der Waals surface area contributed by atoms with Gasteiger partial charge in [0.1, 0.15) is 5.75 Å². The SMILES string of the molecule is COc1ccccc1OCC(=O)NNC(=O)COc1ccc([N+](=O)[O-])cc1. The highest BCUT2D eigenvalue weighted by Gasteiger charge is 2.09. The molecule has 0 saturated carbocycles. The first-order valence-corrected chi connectivity index (χ1v) is 7.70. The van der Waals surface area contributed by atoms with Gasteiger partial charge in [0.15, 0.2) is 24.7 Å². The fourth-order valence-corrected chi connectivity index (χ4v) is 1.91. The van der Waals surface area contributed by atoms with Gasteiger partial charge in [-0.05, 0) is 24.3 Å². The molecule has 10 nitrogen and oxygen atoms in total. The van der Waals surface area contributed by atoms with E-state index in [9.17, 15) is 19.7 Å².